The zero-order valence-electron chi connectivity index (χ0n) is 21.7. The van der Waals surface area contributed by atoms with Crippen LogP contribution in [-0.2, 0) is 16.8 Å². The van der Waals surface area contributed by atoms with Crippen molar-refractivity contribution in [2.75, 3.05) is 0 Å². The Morgan fingerprint density at radius 3 is 2.60 bits per heavy atom. The van der Waals surface area contributed by atoms with Crippen LogP contribution in [0.4, 0.5) is 0 Å². The number of rotatable bonds is 12. The van der Waals surface area contributed by atoms with Crippen molar-refractivity contribution in [2.24, 2.45) is 11.7 Å². The Balaban J connectivity index is 1.92. The van der Waals surface area contributed by atoms with Gasteiger partial charge in [0.1, 0.15) is 12.4 Å². The number of carbonyl (C=O) groups excluding carboxylic acids is 1. The van der Waals surface area contributed by atoms with Gasteiger partial charge in [-0.1, -0.05) is 95.0 Å². The monoisotopic (exact) mass is 477 g/mol. The normalized spacial score (nSPS) is 20.7. The molecular weight excluding hydrogens is 434 g/mol. The van der Waals surface area contributed by atoms with Gasteiger partial charge in [-0.2, -0.15) is 0 Å². The molecule has 3 rings (SSSR count). The topological polar surface area (TPSA) is 72.5 Å². The molecule has 1 saturated carbocycles. The number of hydrogen-bond acceptors (Lipinski definition) is 3. The number of amides is 1. The summed E-state index contributed by atoms with van der Waals surface area (Å²) in [6.45, 7) is 7.37. The van der Waals surface area contributed by atoms with Crippen molar-refractivity contribution in [3.05, 3.63) is 77.4 Å². The Morgan fingerprint density at radius 2 is 1.89 bits per heavy atom. The Morgan fingerprint density at radius 1 is 1.11 bits per heavy atom. The van der Waals surface area contributed by atoms with Crippen molar-refractivity contribution >= 4 is 5.91 Å². The molecule has 0 bridgehead atoms. The third kappa shape index (κ3) is 7.96. The third-order valence-electron chi connectivity index (χ3n) is 7.47. The summed E-state index contributed by atoms with van der Waals surface area (Å²) in [5.41, 5.74) is 8.94. The number of primary amides is 1. The summed E-state index contributed by atoms with van der Waals surface area (Å²) < 4.78 is 6.47. The van der Waals surface area contributed by atoms with Crippen LogP contribution in [0.25, 0.3) is 0 Å². The molecule has 3 N–H and O–H groups in total. The maximum absolute atomic E-state index is 11.4. The second kappa shape index (κ2) is 12.9. The minimum Gasteiger partial charge on any atom is -0.489 e. The largest absolute Gasteiger partial charge is 0.489 e. The minimum absolute atomic E-state index is 0.0501. The fraction of sp³-hybridized carbons (Fsp3) is 0.516. The van der Waals surface area contributed by atoms with Crippen molar-refractivity contribution in [3.63, 3.8) is 0 Å². The van der Waals surface area contributed by atoms with Crippen LogP contribution in [0.15, 0.2) is 60.7 Å². The van der Waals surface area contributed by atoms with Crippen molar-refractivity contribution in [2.45, 2.75) is 96.2 Å². The number of benzene rings is 2. The van der Waals surface area contributed by atoms with Gasteiger partial charge in [-0.15, -0.1) is 0 Å². The van der Waals surface area contributed by atoms with Crippen LogP contribution >= 0.6 is 0 Å². The second-order valence-corrected chi connectivity index (χ2v) is 10.7. The molecular formula is C31H43NO3. The first-order valence-corrected chi connectivity index (χ1v) is 13.3. The highest BCUT2D eigenvalue weighted by atomic mass is 16.5. The summed E-state index contributed by atoms with van der Waals surface area (Å²) >= 11 is 0. The molecule has 3 unspecified atom stereocenters. The molecule has 2 aromatic carbocycles. The molecule has 0 saturated heterocycles. The summed E-state index contributed by atoms with van der Waals surface area (Å²) in [4.78, 5) is 11.4. The number of hydrogen-bond donors (Lipinski definition) is 2. The molecule has 0 spiro atoms. The molecule has 0 aromatic heterocycles. The molecule has 1 amide bonds. The van der Waals surface area contributed by atoms with Crippen LogP contribution in [0.3, 0.4) is 0 Å². The first-order valence-electron chi connectivity index (χ1n) is 13.3. The van der Waals surface area contributed by atoms with Gasteiger partial charge < -0.3 is 15.6 Å². The predicted octanol–water partition coefficient (Wildman–Crippen LogP) is 6.80. The van der Waals surface area contributed by atoms with Gasteiger partial charge in [0, 0.05) is 0 Å². The van der Waals surface area contributed by atoms with E-state index in [9.17, 15) is 9.90 Å². The molecule has 0 aliphatic heterocycles. The summed E-state index contributed by atoms with van der Waals surface area (Å²) in [6, 6.07) is 16.9. The van der Waals surface area contributed by atoms with Gasteiger partial charge in [0.15, 0.2) is 0 Å². The first-order chi connectivity index (χ1) is 16.8. The van der Waals surface area contributed by atoms with E-state index in [-0.39, 0.29) is 23.4 Å². The van der Waals surface area contributed by atoms with Gasteiger partial charge in [0.2, 0.25) is 5.91 Å². The summed E-state index contributed by atoms with van der Waals surface area (Å²) in [5, 5.41) is 10.5. The third-order valence-corrected chi connectivity index (χ3v) is 7.47. The van der Waals surface area contributed by atoms with Crippen LogP contribution in [0.1, 0.15) is 94.7 Å². The van der Waals surface area contributed by atoms with Crippen LogP contribution in [-0.4, -0.2) is 17.1 Å². The van der Waals surface area contributed by atoms with Crippen molar-refractivity contribution < 1.29 is 14.6 Å². The highest BCUT2D eigenvalue weighted by Gasteiger charge is 2.32. The van der Waals surface area contributed by atoms with Gasteiger partial charge in [0.05, 0.1) is 6.10 Å². The number of allylic oxidation sites excluding steroid dienone is 1. The quantitative estimate of drug-likeness (QED) is 0.261. The Kier molecular flexibility index (Phi) is 9.97. The fourth-order valence-corrected chi connectivity index (χ4v) is 5.24. The van der Waals surface area contributed by atoms with E-state index in [0.29, 0.717) is 13.0 Å². The SMILES string of the molecule is CCCCCCC(C)(C)c1ccc(C2CC(O)CCC2/C=C\C(N)=O)c(OCc2ccccc2)c1. The Labute approximate surface area is 211 Å². The lowest BCUT2D eigenvalue weighted by atomic mass is 9.72. The van der Waals surface area contributed by atoms with E-state index in [1.54, 1.807) is 0 Å². The van der Waals surface area contributed by atoms with E-state index in [2.05, 4.69) is 51.1 Å². The molecule has 1 fully saturated rings. The average molecular weight is 478 g/mol. The second-order valence-electron chi connectivity index (χ2n) is 10.7. The zero-order chi connectivity index (χ0) is 25.3. The lowest BCUT2D eigenvalue weighted by Gasteiger charge is -2.34. The van der Waals surface area contributed by atoms with E-state index in [0.717, 1.165) is 36.1 Å². The molecule has 190 valence electrons. The van der Waals surface area contributed by atoms with Crippen molar-refractivity contribution in [3.8, 4) is 5.75 Å². The van der Waals surface area contributed by atoms with Crippen LogP contribution in [0, 0.1) is 5.92 Å². The number of nitrogens with two attached hydrogens (primary N) is 1. The molecule has 4 nitrogen and oxygen atoms in total. The van der Waals surface area contributed by atoms with Gasteiger partial charge >= 0.3 is 0 Å². The van der Waals surface area contributed by atoms with Crippen molar-refractivity contribution in [1.82, 2.24) is 0 Å². The average Bonchev–Trinajstić information content (AvgIpc) is 2.85. The highest BCUT2D eigenvalue weighted by molar-refractivity contribution is 5.85. The summed E-state index contributed by atoms with van der Waals surface area (Å²) in [6.07, 6.45) is 11.4. The van der Waals surface area contributed by atoms with Crippen LogP contribution < -0.4 is 10.5 Å². The van der Waals surface area contributed by atoms with Crippen LogP contribution in [0.5, 0.6) is 5.75 Å². The lowest BCUT2D eigenvalue weighted by molar-refractivity contribution is -0.113. The van der Waals surface area contributed by atoms with E-state index in [1.807, 2.05) is 24.3 Å². The van der Waals surface area contributed by atoms with E-state index in [1.165, 1.54) is 37.3 Å². The van der Waals surface area contributed by atoms with E-state index >= 15 is 0 Å². The standard InChI is InChI=1S/C31H43NO3/c1-4-5-6-10-19-31(2,3)25-15-17-27(29(20-25)35-22-23-11-8-7-9-12-23)28-21-26(33)16-13-24(28)14-18-30(32)34/h7-9,11-12,14-15,17-18,20,24,26,28,33H,4-6,10,13,16,19,21-22H2,1-3H3,(H2,32,34)/b18-14-. The molecule has 4 heteroatoms. The molecule has 35 heavy (non-hydrogen) atoms. The van der Waals surface area contributed by atoms with Gasteiger partial charge in [-0.05, 0) is 71.8 Å². The summed E-state index contributed by atoms with van der Waals surface area (Å²) in [5.74, 6) is 0.653. The van der Waals surface area contributed by atoms with Gasteiger partial charge in [0.25, 0.3) is 0 Å². The molecule has 1 aliphatic rings. The fourth-order valence-electron chi connectivity index (χ4n) is 5.24. The Hall–Kier alpha value is -2.59. The molecule has 0 heterocycles. The molecule has 1 aliphatic carbocycles. The maximum atomic E-state index is 11.4. The number of aliphatic hydroxyl groups excluding tert-OH is 1. The lowest BCUT2D eigenvalue weighted by Crippen LogP contribution is -2.26. The van der Waals surface area contributed by atoms with E-state index < -0.39 is 5.91 Å². The van der Waals surface area contributed by atoms with Gasteiger partial charge in [-0.25, -0.2) is 0 Å². The Bertz CT molecular complexity index is 966. The van der Waals surface area contributed by atoms with Gasteiger partial charge in [-0.3, -0.25) is 4.79 Å². The van der Waals surface area contributed by atoms with Crippen molar-refractivity contribution in [1.29, 1.82) is 0 Å². The van der Waals surface area contributed by atoms with Crippen LogP contribution in [0.2, 0.25) is 0 Å². The molecule has 2 aromatic rings. The highest BCUT2D eigenvalue weighted by Crippen LogP contribution is 2.44. The summed E-state index contributed by atoms with van der Waals surface area (Å²) in [7, 11) is 0. The predicted molar refractivity (Wildman–Crippen MR) is 143 cm³/mol. The zero-order valence-corrected chi connectivity index (χ0v) is 21.7. The smallest absolute Gasteiger partial charge is 0.241 e. The molecule has 0 radical (unpaired) electrons. The van der Waals surface area contributed by atoms with E-state index in [4.69, 9.17) is 10.5 Å². The number of ether oxygens (including phenoxy) is 1. The first kappa shape index (κ1) is 27.0. The minimum atomic E-state index is -0.435. The maximum Gasteiger partial charge on any atom is 0.241 e. The number of carbonyl (C=O) groups is 1. The number of unbranched alkanes of at least 4 members (excludes halogenated alkanes) is 3. The molecule has 3 atom stereocenters. The number of aliphatic hydroxyl groups is 1.